The second kappa shape index (κ2) is 4.09. The lowest BCUT2D eigenvalue weighted by atomic mass is 9.85. The average molecular weight is 241 g/mol. The molecule has 1 aromatic rings. The number of amides is 2. The highest BCUT2D eigenvalue weighted by atomic mass is 16.2. The van der Waals surface area contributed by atoms with E-state index in [9.17, 15) is 9.59 Å². The summed E-state index contributed by atoms with van der Waals surface area (Å²) in [5.41, 5.74) is 1.76. The molecule has 3 nitrogen and oxygen atoms in total. The van der Waals surface area contributed by atoms with E-state index >= 15 is 0 Å². The molecule has 0 unspecified atom stereocenters. The molecule has 18 heavy (non-hydrogen) atoms. The summed E-state index contributed by atoms with van der Waals surface area (Å²) in [5, 5.41) is 0. The fraction of sp³-hybridized carbons (Fsp3) is 0.333. The van der Waals surface area contributed by atoms with Crippen LogP contribution in [0.3, 0.4) is 0 Å². The van der Waals surface area contributed by atoms with Crippen LogP contribution in [0, 0.1) is 18.8 Å². The third-order valence-corrected chi connectivity index (χ3v) is 3.77. The summed E-state index contributed by atoms with van der Waals surface area (Å²) >= 11 is 0. The zero-order valence-corrected chi connectivity index (χ0v) is 10.3. The van der Waals surface area contributed by atoms with E-state index in [-0.39, 0.29) is 23.7 Å². The maximum atomic E-state index is 12.3. The summed E-state index contributed by atoms with van der Waals surface area (Å²) in [6.45, 7) is 1.96. The van der Waals surface area contributed by atoms with Gasteiger partial charge < -0.3 is 0 Å². The lowest BCUT2D eigenvalue weighted by Crippen LogP contribution is -2.30. The Morgan fingerprint density at radius 3 is 2.22 bits per heavy atom. The highest BCUT2D eigenvalue weighted by Crippen LogP contribution is 2.37. The normalized spacial score (nSPS) is 26.6. The van der Waals surface area contributed by atoms with Crippen molar-refractivity contribution in [3.63, 3.8) is 0 Å². The van der Waals surface area contributed by atoms with Crippen LogP contribution < -0.4 is 4.90 Å². The minimum Gasteiger partial charge on any atom is -0.274 e. The van der Waals surface area contributed by atoms with E-state index in [1.807, 2.05) is 43.3 Å². The Labute approximate surface area is 106 Å². The number of benzene rings is 1. The third-order valence-electron chi connectivity index (χ3n) is 3.77. The van der Waals surface area contributed by atoms with Crippen LogP contribution in [0.25, 0.3) is 0 Å². The van der Waals surface area contributed by atoms with Gasteiger partial charge in [-0.2, -0.15) is 0 Å². The second-order valence-electron chi connectivity index (χ2n) is 5.01. The van der Waals surface area contributed by atoms with Crippen molar-refractivity contribution in [2.45, 2.75) is 19.8 Å². The number of aryl methyl sites for hydroxylation is 1. The zero-order chi connectivity index (χ0) is 12.7. The number of nitrogens with zero attached hydrogens (tertiary/aromatic N) is 1. The molecule has 0 spiro atoms. The first-order valence-corrected chi connectivity index (χ1v) is 6.28. The minimum absolute atomic E-state index is 0.0417. The van der Waals surface area contributed by atoms with Gasteiger partial charge in [0.1, 0.15) is 0 Å². The average Bonchev–Trinajstić information content (AvgIpc) is 2.63. The first kappa shape index (κ1) is 11.2. The number of carbonyl (C=O) groups excluding carboxylic acids is 2. The lowest BCUT2D eigenvalue weighted by Gasteiger charge is -2.15. The fourth-order valence-corrected chi connectivity index (χ4v) is 2.82. The number of hydrogen-bond donors (Lipinski definition) is 0. The lowest BCUT2D eigenvalue weighted by molar-refractivity contribution is -0.122. The van der Waals surface area contributed by atoms with Crippen molar-refractivity contribution in [1.82, 2.24) is 0 Å². The van der Waals surface area contributed by atoms with E-state index in [0.29, 0.717) is 18.5 Å². The van der Waals surface area contributed by atoms with Crippen LogP contribution in [-0.2, 0) is 9.59 Å². The molecule has 1 fully saturated rings. The van der Waals surface area contributed by atoms with Gasteiger partial charge in [0.25, 0.3) is 0 Å². The summed E-state index contributed by atoms with van der Waals surface area (Å²) < 4.78 is 0. The van der Waals surface area contributed by atoms with Crippen LogP contribution in [0.15, 0.2) is 36.4 Å². The highest BCUT2D eigenvalue weighted by Gasteiger charge is 2.47. The highest BCUT2D eigenvalue weighted by molar-refractivity contribution is 6.22. The Morgan fingerprint density at radius 2 is 1.67 bits per heavy atom. The van der Waals surface area contributed by atoms with Gasteiger partial charge in [-0.25, -0.2) is 0 Å². The Kier molecular flexibility index (Phi) is 2.54. The molecule has 0 radical (unpaired) electrons. The Morgan fingerprint density at radius 1 is 1.06 bits per heavy atom. The van der Waals surface area contributed by atoms with Gasteiger partial charge in [0, 0.05) is 0 Å². The van der Waals surface area contributed by atoms with Crippen molar-refractivity contribution in [2.24, 2.45) is 11.8 Å². The van der Waals surface area contributed by atoms with Crippen LogP contribution in [0.2, 0.25) is 0 Å². The van der Waals surface area contributed by atoms with Crippen molar-refractivity contribution in [3.05, 3.63) is 42.0 Å². The van der Waals surface area contributed by atoms with Crippen LogP contribution in [0.4, 0.5) is 5.69 Å². The number of rotatable bonds is 1. The van der Waals surface area contributed by atoms with Crippen molar-refractivity contribution in [3.8, 4) is 0 Å². The molecule has 92 valence electrons. The summed E-state index contributed by atoms with van der Waals surface area (Å²) in [6, 6.07) is 7.56. The smallest absolute Gasteiger partial charge is 0.238 e. The van der Waals surface area contributed by atoms with E-state index in [1.165, 1.54) is 4.90 Å². The maximum Gasteiger partial charge on any atom is 0.238 e. The molecule has 1 aliphatic carbocycles. The van der Waals surface area contributed by atoms with Crippen LogP contribution in [-0.4, -0.2) is 11.8 Å². The van der Waals surface area contributed by atoms with Crippen LogP contribution in [0.1, 0.15) is 18.4 Å². The van der Waals surface area contributed by atoms with Gasteiger partial charge in [-0.1, -0.05) is 24.3 Å². The second-order valence-corrected chi connectivity index (χ2v) is 5.01. The Balaban J connectivity index is 1.99. The van der Waals surface area contributed by atoms with Gasteiger partial charge in [0.05, 0.1) is 17.5 Å². The molecular formula is C15H15NO2. The topological polar surface area (TPSA) is 37.4 Å². The molecule has 1 aliphatic heterocycles. The predicted molar refractivity (Wildman–Crippen MR) is 69.0 cm³/mol. The summed E-state index contributed by atoms with van der Waals surface area (Å²) in [7, 11) is 0. The van der Waals surface area contributed by atoms with Gasteiger partial charge in [-0.3, -0.25) is 14.5 Å². The maximum absolute atomic E-state index is 12.3. The summed E-state index contributed by atoms with van der Waals surface area (Å²) in [6.07, 6.45) is 5.40. The minimum atomic E-state index is -0.150. The predicted octanol–water partition coefficient (Wildman–Crippen LogP) is 2.45. The molecule has 2 amide bonds. The number of anilines is 1. The molecule has 3 rings (SSSR count). The Bertz CT molecular complexity index is 521. The molecule has 1 saturated heterocycles. The Hall–Kier alpha value is -1.90. The van der Waals surface area contributed by atoms with Gasteiger partial charge >= 0.3 is 0 Å². The van der Waals surface area contributed by atoms with Crippen molar-refractivity contribution >= 4 is 17.5 Å². The SMILES string of the molecule is Cc1cccc(N2C(=O)[C@H]3CC=CC[C@@H]3C2=O)c1. The van der Waals surface area contributed by atoms with Crippen molar-refractivity contribution < 1.29 is 9.59 Å². The summed E-state index contributed by atoms with van der Waals surface area (Å²) in [4.78, 5) is 26.0. The fourth-order valence-electron chi connectivity index (χ4n) is 2.82. The van der Waals surface area contributed by atoms with E-state index < -0.39 is 0 Å². The van der Waals surface area contributed by atoms with Crippen LogP contribution >= 0.6 is 0 Å². The molecular weight excluding hydrogens is 226 g/mol. The molecule has 3 heteroatoms. The summed E-state index contributed by atoms with van der Waals surface area (Å²) in [5.74, 6) is -0.383. The van der Waals surface area contributed by atoms with Gasteiger partial charge in [0.15, 0.2) is 0 Å². The quantitative estimate of drug-likeness (QED) is 0.559. The monoisotopic (exact) mass is 241 g/mol. The van der Waals surface area contributed by atoms with Gasteiger partial charge in [-0.15, -0.1) is 0 Å². The molecule has 0 saturated carbocycles. The van der Waals surface area contributed by atoms with E-state index in [2.05, 4.69) is 0 Å². The molecule has 0 N–H and O–H groups in total. The van der Waals surface area contributed by atoms with E-state index in [0.717, 1.165) is 5.56 Å². The first-order valence-electron chi connectivity index (χ1n) is 6.28. The number of fused-ring (bicyclic) bond motifs is 1. The van der Waals surface area contributed by atoms with Crippen molar-refractivity contribution in [1.29, 1.82) is 0 Å². The molecule has 2 aliphatic rings. The number of imide groups is 1. The number of allylic oxidation sites excluding steroid dienone is 2. The standard InChI is InChI=1S/C15H15NO2/c1-10-5-4-6-11(9-10)16-14(17)12-7-2-3-8-13(12)15(16)18/h2-6,9,12-13H,7-8H2,1H3/t12-,13-/m0/s1. The molecule has 2 atom stereocenters. The first-order chi connectivity index (χ1) is 8.68. The number of carbonyl (C=O) groups is 2. The van der Waals surface area contributed by atoms with E-state index in [1.54, 1.807) is 0 Å². The van der Waals surface area contributed by atoms with Gasteiger partial charge in [-0.05, 0) is 37.5 Å². The largest absolute Gasteiger partial charge is 0.274 e. The zero-order valence-electron chi connectivity index (χ0n) is 10.3. The van der Waals surface area contributed by atoms with Crippen molar-refractivity contribution in [2.75, 3.05) is 4.90 Å². The molecule has 1 aromatic carbocycles. The number of hydrogen-bond acceptors (Lipinski definition) is 2. The molecule has 1 heterocycles. The molecule has 0 bridgehead atoms. The van der Waals surface area contributed by atoms with Gasteiger partial charge in [0.2, 0.25) is 11.8 Å². The van der Waals surface area contributed by atoms with E-state index in [4.69, 9.17) is 0 Å². The molecule has 0 aromatic heterocycles. The van der Waals surface area contributed by atoms with Crippen LogP contribution in [0.5, 0.6) is 0 Å². The third kappa shape index (κ3) is 1.58.